The molecule has 1 N–H and O–H groups in total. The fourth-order valence-corrected chi connectivity index (χ4v) is 6.82. The van der Waals surface area contributed by atoms with Gasteiger partial charge in [-0.25, -0.2) is 17.8 Å². The number of halogens is 5. The highest BCUT2D eigenvalue weighted by molar-refractivity contribution is 7.93. The van der Waals surface area contributed by atoms with Gasteiger partial charge in [-0.1, -0.05) is 23.7 Å². The van der Waals surface area contributed by atoms with Crippen LogP contribution in [0.5, 0.6) is 5.75 Å². The predicted octanol–water partition coefficient (Wildman–Crippen LogP) is 5.97. The minimum absolute atomic E-state index is 0.0419. The van der Waals surface area contributed by atoms with E-state index in [2.05, 4.69) is 14.1 Å². The van der Waals surface area contributed by atoms with Crippen LogP contribution in [0.2, 0.25) is 5.02 Å². The average Bonchev–Trinajstić information content (AvgIpc) is 3.36. The molecule has 1 fully saturated rings. The summed E-state index contributed by atoms with van der Waals surface area (Å²) in [6.45, 7) is 0.397. The van der Waals surface area contributed by atoms with Crippen molar-refractivity contribution in [2.75, 3.05) is 17.9 Å². The van der Waals surface area contributed by atoms with Crippen molar-refractivity contribution < 1.29 is 30.7 Å². The number of ether oxygens (including phenoxy) is 1. The molecule has 3 aromatic rings. The molecule has 1 saturated heterocycles. The molecule has 0 aliphatic carbocycles. The van der Waals surface area contributed by atoms with E-state index in [1.807, 2.05) is 4.90 Å². The third-order valence-corrected chi connectivity index (χ3v) is 9.06. The van der Waals surface area contributed by atoms with E-state index in [9.17, 15) is 26.0 Å². The Morgan fingerprint density at radius 2 is 1.95 bits per heavy atom. The Labute approximate surface area is 219 Å². The molecule has 14 heteroatoms. The number of nitrogens with one attached hydrogen (secondary N) is 1. The molecule has 5 rings (SSSR count). The highest BCUT2D eigenvalue weighted by atomic mass is 35.5. The normalized spacial score (nSPS) is 22.8. The van der Waals surface area contributed by atoms with E-state index in [0.29, 0.717) is 23.3 Å². The van der Waals surface area contributed by atoms with Crippen LogP contribution >= 0.6 is 23.1 Å². The number of anilines is 1. The first kappa shape index (κ1) is 26.1. The number of nitrogens with zero attached hydrogens (tertiary/aromatic N) is 3. The number of rotatable bonds is 5. The lowest BCUT2D eigenvalue weighted by Crippen LogP contribution is -2.44. The van der Waals surface area contributed by atoms with E-state index in [1.165, 1.54) is 30.6 Å². The van der Waals surface area contributed by atoms with Crippen molar-refractivity contribution in [3.63, 3.8) is 0 Å². The predicted molar refractivity (Wildman–Crippen MR) is 130 cm³/mol. The van der Waals surface area contributed by atoms with Gasteiger partial charge in [0.15, 0.2) is 0 Å². The third-order valence-electron chi connectivity index (χ3n) is 6.72. The summed E-state index contributed by atoms with van der Waals surface area (Å²) in [7, 11) is -3.96. The van der Waals surface area contributed by atoms with E-state index < -0.39 is 34.0 Å². The molecule has 0 radical (unpaired) electrons. The summed E-state index contributed by atoms with van der Waals surface area (Å²) in [6.07, 6.45) is -2.92. The second-order valence-corrected chi connectivity index (χ2v) is 11.8. The van der Waals surface area contributed by atoms with Gasteiger partial charge in [-0.3, -0.25) is 9.62 Å². The Balaban J connectivity index is 1.48. The molecule has 37 heavy (non-hydrogen) atoms. The largest absolute Gasteiger partial charge is 0.493 e. The second kappa shape index (κ2) is 10.0. The van der Waals surface area contributed by atoms with Gasteiger partial charge < -0.3 is 4.74 Å². The van der Waals surface area contributed by atoms with Gasteiger partial charge >= 0.3 is 6.18 Å². The van der Waals surface area contributed by atoms with Gasteiger partial charge in [0.1, 0.15) is 17.9 Å². The highest BCUT2D eigenvalue weighted by Gasteiger charge is 2.46. The first-order valence-electron chi connectivity index (χ1n) is 11.4. The Morgan fingerprint density at radius 1 is 1.14 bits per heavy atom. The number of likely N-dealkylation sites (tertiary alicyclic amines) is 1. The highest BCUT2D eigenvalue weighted by Crippen LogP contribution is 2.48. The van der Waals surface area contributed by atoms with Gasteiger partial charge in [0.05, 0.1) is 22.4 Å². The molecule has 0 amide bonds. The number of hydrogen-bond acceptors (Lipinski definition) is 7. The minimum Gasteiger partial charge on any atom is -0.493 e. The summed E-state index contributed by atoms with van der Waals surface area (Å²) < 4.78 is 92.4. The summed E-state index contributed by atoms with van der Waals surface area (Å²) in [5, 5.41) is -0.0402. The van der Waals surface area contributed by atoms with E-state index in [-0.39, 0.29) is 47.1 Å². The number of fused-ring (bicyclic) bond motifs is 1. The van der Waals surface area contributed by atoms with Gasteiger partial charge in [-0.2, -0.15) is 17.5 Å². The SMILES string of the molecule is O=S(=O)(Nc1ncns1)c1ccc2c(c1)OCC[C@@H]2N1CC[C@@H](C(F)(F)F)C[C@H]1c1ccc(F)c(Cl)c1. The minimum atomic E-state index is -4.36. The summed E-state index contributed by atoms with van der Waals surface area (Å²) in [5.74, 6) is -1.81. The quantitative estimate of drug-likeness (QED) is 0.377. The average molecular weight is 577 g/mol. The van der Waals surface area contributed by atoms with Gasteiger partial charge in [0.2, 0.25) is 5.13 Å². The van der Waals surface area contributed by atoms with Crippen molar-refractivity contribution in [1.29, 1.82) is 0 Å². The van der Waals surface area contributed by atoms with Crippen LogP contribution in [-0.2, 0) is 10.0 Å². The molecule has 1 aromatic heterocycles. The lowest BCUT2D eigenvalue weighted by atomic mass is 9.84. The molecule has 0 unspecified atom stereocenters. The van der Waals surface area contributed by atoms with Crippen molar-refractivity contribution in [2.24, 2.45) is 5.92 Å². The summed E-state index contributed by atoms with van der Waals surface area (Å²) >= 11 is 6.87. The van der Waals surface area contributed by atoms with Crippen LogP contribution in [0.15, 0.2) is 47.6 Å². The van der Waals surface area contributed by atoms with Gasteiger partial charge in [-0.05, 0) is 43.1 Å². The molecule has 2 aromatic carbocycles. The van der Waals surface area contributed by atoms with Crippen LogP contribution in [0.1, 0.15) is 42.5 Å². The molecule has 2 aliphatic heterocycles. The van der Waals surface area contributed by atoms with Crippen LogP contribution in [0, 0.1) is 11.7 Å². The fraction of sp³-hybridized carbons (Fsp3) is 0.391. The zero-order chi connectivity index (χ0) is 26.4. The van der Waals surface area contributed by atoms with Crippen molar-refractivity contribution in [2.45, 2.75) is 42.4 Å². The molecule has 0 bridgehead atoms. The molecule has 7 nitrogen and oxygen atoms in total. The van der Waals surface area contributed by atoms with Crippen molar-refractivity contribution in [3.05, 3.63) is 64.7 Å². The van der Waals surface area contributed by atoms with Gasteiger partial charge in [0.25, 0.3) is 10.0 Å². The number of hydrogen-bond donors (Lipinski definition) is 1. The molecule has 198 valence electrons. The Kier molecular flexibility index (Phi) is 7.07. The Morgan fingerprint density at radius 3 is 2.65 bits per heavy atom. The first-order valence-corrected chi connectivity index (χ1v) is 14.0. The number of sulfonamides is 1. The lowest BCUT2D eigenvalue weighted by molar-refractivity contribution is -0.192. The van der Waals surface area contributed by atoms with Crippen molar-refractivity contribution in [3.8, 4) is 5.75 Å². The molecule has 0 spiro atoms. The topological polar surface area (TPSA) is 84.4 Å². The summed E-state index contributed by atoms with van der Waals surface area (Å²) in [4.78, 5) is 5.74. The van der Waals surface area contributed by atoms with Crippen LogP contribution in [0.4, 0.5) is 22.7 Å². The molecule has 0 saturated carbocycles. The van der Waals surface area contributed by atoms with Crippen molar-refractivity contribution >= 4 is 38.3 Å². The van der Waals surface area contributed by atoms with Crippen LogP contribution in [0.3, 0.4) is 0 Å². The number of benzene rings is 2. The van der Waals surface area contributed by atoms with Crippen LogP contribution < -0.4 is 9.46 Å². The summed E-state index contributed by atoms with van der Waals surface area (Å²) in [5.41, 5.74) is 1.17. The monoisotopic (exact) mass is 576 g/mol. The summed E-state index contributed by atoms with van der Waals surface area (Å²) in [6, 6.07) is 7.45. The molecule has 3 heterocycles. The standard InChI is InChI=1S/C23H21ClF4N4O3S2/c24-17-9-13(1-4-18(17)25)20-10-14(23(26,27)28)5-7-32(20)19-6-8-35-21-11-15(2-3-16(19)21)37(33,34)31-22-29-12-30-36-22/h1-4,9,11-12,14,19-20H,5-8,10H2,(H,29,30,31)/t14-,19+,20+/m1/s1. The van der Waals surface area contributed by atoms with E-state index in [4.69, 9.17) is 16.3 Å². The Bertz CT molecular complexity index is 1390. The molecular weight excluding hydrogens is 556 g/mol. The zero-order valence-electron chi connectivity index (χ0n) is 19.1. The zero-order valence-corrected chi connectivity index (χ0v) is 21.5. The lowest BCUT2D eigenvalue weighted by Gasteiger charge is -2.46. The third kappa shape index (κ3) is 5.40. The maximum atomic E-state index is 13.8. The Hall–Kier alpha value is -2.48. The second-order valence-electron chi connectivity index (χ2n) is 8.89. The van der Waals surface area contributed by atoms with Gasteiger partial charge in [0, 0.05) is 41.7 Å². The van der Waals surface area contributed by atoms with Crippen molar-refractivity contribution in [1.82, 2.24) is 14.3 Å². The maximum Gasteiger partial charge on any atom is 0.391 e. The number of alkyl halides is 3. The number of piperidine rings is 1. The van der Waals surface area contributed by atoms with Crippen LogP contribution in [-0.4, -0.2) is 42.0 Å². The fourth-order valence-electron chi connectivity index (χ4n) is 4.96. The van der Waals surface area contributed by atoms with E-state index in [1.54, 1.807) is 6.07 Å². The first-order chi connectivity index (χ1) is 17.5. The molecule has 2 aliphatic rings. The smallest absolute Gasteiger partial charge is 0.391 e. The number of aromatic nitrogens is 2. The van der Waals surface area contributed by atoms with Crippen LogP contribution in [0.25, 0.3) is 0 Å². The maximum absolute atomic E-state index is 13.8. The van der Waals surface area contributed by atoms with E-state index >= 15 is 0 Å². The molecule has 3 atom stereocenters. The van der Waals surface area contributed by atoms with Gasteiger partial charge in [-0.15, -0.1) is 0 Å². The molecular formula is C23H21ClF4N4O3S2. The van der Waals surface area contributed by atoms with E-state index in [0.717, 1.165) is 17.6 Å².